The van der Waals surface area contributed by atoms with Crippen molar-refractivity contribution in [2.45, 2.75) is 44.2 Å². The van der Waals surface area contributed by atoms with Gasteiger partial charge < -0.3 is 15.2 Å². The zero-order chi connectivity index (χ0) is 16.1. The molecular formula is C20H25NO2. The molecule has 1 aliphatic carbocycles. The van der Waals surface area contributed by atoms with Crippen LogP contribution in [0.4, 0.5) is 0 Å². The van der Waals surface area contributed by atoms with Crippen LogP contribution in [0.25, 0.3) is 0 Å². The number of ether oxygens (including phenoxy) is 2. The van der Waals surface area contributed by atoms with Crippen LogP contribution in [-0.2, 0) is 12.1 Å². The number of nitrogens with two attached hydrogens (primary N) is 1. The van der Waals surface area contributed by atoms with E-state index < -0.39 is 0 Å². The zero-order valence-electron chi connectivity index (χ0n) is 13.8. The molecule has 0 saturated heterocycles. The maximum atomic E-state index is 6.62. The van der Waals surface area contributed by atoms with Crippen molar-refractivity contribution in [2.75, 3.05) is 7.11 Å². The molecular weight excluding hydrogens is 286 g/mol. The Morgan fingerprint density at radius 3 is 2.39 bits per heavy atom. The summed E-state index contributed by atoms with van der Waals surface area (Å²) in [6.45, 7) is 0.532. The first-order valence-electron chi connectivity index (χ1n) is 8.35. The van der Waals surface area contributed by atoms with Gasteiger partial charge in [0.2, 0.25) is 0 Å². The molecule has 0 unspecified atom stereocenters. The summed E-state index contributed by atoms with van der Waals surface area (Å²) in [6, 6.07) is 16.3. The molecule has 122 valence electrons. The van der Waals surface area contributed by atoms with Crippen molar-refractivity contribution in [1.29, 1.82) is 0 Å². The maximum absolute atomic E-state index is 6.62. The van der Waals surface area contributed by atoms with Crippen molar-refractivity contribution in [3.63, 3.8) is 0 Å². The number of rotatable bonds is 5. The lowest BCUT2D eigenvalue weighted by atomic mass is 9.77. The predicted octanol–water partition coefficient (Wildman–Crippen LogP) is 4.39. The Kier molecular flexibility index (Phi) is 4.87. The fourth-order valence-electron chi connectivity index (χ4n) is 3.30. The van der Waals surface area contributed by atoms with E-state index in [0.717, 1.165) is 35.5 Å². The monoisotopic (exact) mass is 311 g/mol. The predicted molar refractivity (Wildman–Crippen MR) is 92.7 cm³/mol. The van der Waals surface area contributed by atoms with Crippen LogP contribution >= 0.6 is 0 Å². The van der Waals surface area contributed by atoms with Crippen LogP contribution in [0, 0.1) is 0 Å². The van der Waals surface area contributed by atoms with E-state index in [1.54, 1.807) is 7.11 Å². The molecule has 0 radical (unpaired) electrons. The molecule has 23 heavy (non-hydrogen) atoms. The van der Waals surface area contributed by atoms with E-state index in [9.17, 15) is 0 Å². The van der Waals surface area contributed by atoms with E-state index in [4.69, 9.17) is 15.2 Å². The van der Waals surface area contributed by atoms with E-state index >= 15 is 0 Å². The quantitative estimate of drug-likeness (QED) is 0.890. The molecule has 2 N–H and O–H groups in total. The summed E-state index contributed by atoms with van der Waals surface area (Å²) >= 11 is 0. The molecule has 0 aromatic heterocycles. The average molecular weight is 311 g/mol. The second kappa shape index (κ2) is 7.05. The van der Waals surface area contributed by atoms with Crippen LogP contribution in [0.1, 0.15) is 43.2 Å². The van der Waals surface area contributed by atoms with Gasteiger partial charge in [0.15, 0.2) is 11.5 Å². The summed E-state index contributed by atoms with van der Waals surface area (Å²) in [5, 5.41) is 0. The third kappa shape index (κ3) is 3.67. The smallest absolute Gasteiger partial charge is 0.161 e. The van der Waals surface area contributed by atoms with Crippen LogP contribution in [0.5, 0.6) is 11.5 Å². The van der Waals surface area contributed by atoms with Gasteiger partial charge in [-0.15, -0.1) is 0 Å². The number of hydrogen-bond acceptors (Lipinski definition) is 3. The Morgan fingerprint density at radius 1 is 0.957 bits per heavy atom. The lowest BCUT2D eigenvalue weighted by Gasteiger charge is -2.34. The van der Waals surface area contributed by atoms with E-state index in [-0.39, 0.29) is 5.54 Å². The number of hydrogen-bond donors (Lipinski definition) is 1. The summed E-state index contributed by atoms with van der Waals surface area (Å²) in [4.78, 5) is 0. The van der Waals surface area contributed by atoms with Gasteiger partial charge in [-0.05, 0) is 36.1 Å². The molecule has 0 atom stereocenters. The highest BCUT2D eigenvalue weighted by atomic mass is 16.5. The highest BCUT2D eigenvalue weighted by Crippen LogP contribution is 2.38. The van der Waals surface area contributed by atoms with Crippen LogP contribution in [0.2, 0.25) is 0 Å². The molecule has 0 bridgehead atoms. The van der Waals surface area contributed by atoms with Gasteiger partial charge >= 0.3 is 0 Å². The fraction of sp³-hybridized carbons (Fsp3) is 0.400. The molecule has 2 aromatic rings. The Hall–Kier alpha value is -2.00. The first-order chi connectivity index (χ1) is 11.2. The molecule has 0 heterocycles. The molecule has 2 aromatic carbocycles. The Labute approximate surface area is 138 Å². The van der Waals surface area contributed by atoms with Gasteiger partial charge in [-0.25, -0.2) is 0 Å². The fourth-order valence-corrected chi connectivity index (χ4v) is 3.30. The molecule has 1 aliphatic rings. The summed E-state index contributed by atoms with van der Waals surface area (Å²) < 4.78 is 11.5. The lowest BCUT2D eigenvalue weighted by Crippen LogP contribution is -2.38. The summed E-state index contributed by atoms with van der Waals surface area (Å²) in [6.07, 6.45) is 5.77. The normalized spacial score (nSPS) is 16.8. The van der Waals surface area contributed by atoms with Gasteiger partial charge in [-0.1, -0.05) is 55.7 Å². The Balaban J connectivity index is 1.77. The largest absolute Gasteiger partial charge is 0.493 e. The standard InChI is InChI=1S/C20H25NO2/c1-22-19-14-17(20(21)12-6-3-7-13-20)10-11-18(19)23-15-16-8-4-2-5-9-16/h2,4-5,8-11,14H,3,6-7,12-13,15,21H2,1H3. The third-order valence-electron chi connectivity index (χ3n) is 4.72. The van der Waals surface area contributed by atoms with Crippen molar-refractivity contribution < 1.29 is 9.47 Å². The van der Waals surface area contributed by atoms with Crippen LogP contribution < -0.4 is 15.2 Å². The second-order valence-corrected chi connectivity index (χ2v) is 6.36. The first-order valence-corrected chi connectivity index (χ1v) is 8.35. The van der Waals surface area contributed by atoms with Gasteiger partial charge in [0.25, 0.3) is 0 Å². The molecule has 3 heteroatoms. The van der Waals surface area contributed by atoms with Crippen molar-refractivity contribution in [3.05, 3.63) is 59.7 Å². The molecule has 0 spiro atoms. The van der Waals surface area contributed by atoms with Crippen LogP contribution in [0.15, 0.2) is 48.5 Å². The molecule has 1 fully saturated rings. The third-order valence-corrected chi connectivity index (χ3v) is 4.72. The number of methoxy groups -OCH3 is 1. The molecule has 3 rings (SSSR count). The average Bonchev–Trinajstić information content (AvgIpc) is 2.61. The van der Waals surface area contributed by atoms with Crippen molar-refractivity contribution >= 4 is 0 Å². The summed E-state index contributed by atoms with van der Waals surface area (Å²) in [7, 11) is 1.68. The van der Waals surface area contributed by atoms with Crippen molar-refractivity contribution in [3.8, 4) is 11.5 Å². The summed E-state index contributed by atoms with van der Waals surface area (Å²) in [5.41, 5.74) is 8.70. The highest BCUT2D eigenvalue weighted by molar-refractivity contribution is 5.45. The van der Waals surface area contributed by atoms with Gasteiger partial charge in [0.1, 0.15) is 6.61 Å². The highest BCUT2D eigenvalue weighted by Gasteiger charge is 2.30. The van der Waals surface area contributed by atoms with Crippen molar-refractivity contribution in [2.24, 2.45) is 5.73 Å². The van der Waals surface area contributed by atoms with E-state index in [2.05, 4.69) is 18.2 Å². The van der Waals surface area contributed by atoms with Gasteiger partial charge in [0.05, 0.1) is 7.11 Å². The topological polar surface area (TPSA) is 44.5 Å². The van der Waals surface area contributed by atoms with Crippen molar-refractivity contribution in [1.82, 2.24) is 0 Å². The molecule has 1 saturated carbocycles. The first kappa shape index (κ1) is 15.9. The molecule has 3 nitrogen and oxygen atoms in total. The maximum Gasteiger partial charge on any atom is 0.161 e. The van der Waals surface area contributed by atoms with E-state index in [1.807, 2.05) is 30.3 Å². The van der Waals surface area contributed by atoms with Crippen LogP contribution in [-0.4, -0.2) is 7.11 Å². The van der Waals surface area contributed by atoms with Gasteiger partial charge in [-0.3, -0.25) is 0 Å². The van der Waals surface area contributed by atoms with Gasteiger partial charge in [-0.2, -0.15) is 0 Å². The zero-order valence-corrected chi connectivity index (χ0v) is 13.8. The molecule has 0 amide bonds. The lowest BCUT2D eigenvalue weighted by molar-refractivity contribution is 0.279. The van der Waals surface area contributed by atoms with Crippen LogP contribution in [0.3, 0.4) is 0 Å². The van der Waals surface area contributed by atoms with E-state index in [0.29, 0.717) is 6.61 Å². The summed E-state index contributed by atoms with van der Waals surface area (Å²) in [5.74, 6) is 1.52. The molecule has 0 aliphatic heterocycles. The van der Waals surface area contributed by atoms with E-state index in [1.165, 1.54) is 19.3 Å². The minimum Gasteiger partial charge on any atom is -0.493 e. The van der Waals surface area contributed by atoms with Gasteiger partial charge in [0, 0.05) is 5.54 Å². The Bertz CT molecular complexity index is 633. The second-order valence-electron chi connectivity index (χ2n) is 6.36. The SMILES string of the molecule is COc1cc(C2(N)CCCCC2)ccc1OCc1ccccc1. The minimum atomic E-state index is -0.219. The number of benzene rings is 2. The Morgan fingerprint density at radius 2 is 1.70 bits per heavy atom. The minimum absolute atomic E-state index is 0.219.